The summed E-state index contributed by atoms with van der Waals surface area (Å²) in [6.07, 6.45) is 3.67. The summed E-state index contributed by atoms with van der Waals surface area (Å²) in [4.78, 5) is 0.192. The monoisotopic (exact) mass is 252 g/mol. The van der Waals surface area contributed by atoms with Crippen LogP contribution in [0.3, 0.4) is 0 Å². The second-order valence-electron chi connectivity index (χ2n) is 5.00. The van der Waals surface area contributed by atoms with Crippen molar-refractivity contribution in [2.24, 2.45) is 5.14 Å². The lowest BCUT2D eigenvalue weighted by molar-refractivity contribution is 0.506. The molecule has 0 aliphatic carbocycles. The van der Waals surface area contributed by atoms with Crippen LogP contribution in [0.5, 0.6) is 0 Å². The maximum atomic E-state index is 11.2. The minimum Gasteiger partial charge on any atom is -0.311 e. The molecule has 2 heterocycles. The number of sulfonamides is 1. The first-order chi connectivity index (χ1) is 8.04. The summed E-state index contributed by atoms with van der Waals surface area (Å²) in [5, 5.41) is 8.66. The molecule has 3 atom stereocenters. The largest absolute Gasteiger partial charge is 0.311 e. The molecule has 3 unspecified atom stereocenters. The van der Waals surface area contributed by atoms with Gasteiger partial charge in [0.25, 0.3) is 0 Å². The molecule has 3 rings (SSSR count). The van der Waals surface area contributed by atoms with Gasteiger partial charge in [0.15, 0.2) is 0 Å². The summed E-state index contributed by atoms with van der Waals surface area (Å²) >= 11 is 0. The normalized spacial score (nSPS) is 31.9. The maximum Gasteiger partial charge on any atom is 0.238 e. The third kappa shape index (κ3) is 1.99. The Kier molecular flexibility index (Phi) is 2.50. The summed E-state index contributed by atoms with van der Waals surface area (Å²) in [5.74, 6) is 0.531. The quantitative estimate of drug-likeness (QED) is 0.823. The molecule has 1 aromatic rings. The predicted octanol–water partition coefficient (Wildman–Crippen LogP) is 0.942. The van der Waals surface area contributed by atoms with Gasteiger partial charge in [-0.05, 0) is 37.0 Å². The van der Waals surface area contributed by atoms with Crippen LogP contribution in [0.15, 0.2) is 29.2 Å². The van der Waals surface area contributed by atoms with Crippen molar-refractivity contribution in [3.63, 3.8) is 0 Å². The van der Waals surface area contributed by atoms with Crippen LogP contribution in [-0.2, 0) is 10.0 Å². The van der Waals surface area contributed by atoms with Gasteiger partial charge in [-0.25, -0.2) is 13.6 Å². The zero-order chi connectivity index (χ0) is 12.0. The van der Waals surface area contributed by atoms with E-state index in [0.29, 0.717) is 18.0 Å². The number of hydrogen-bond acceptors (Lipinski definition) is 3. The topological polar surface area (TPSA) is 72.2 Å². The number of hydrogen-bond donors (Lipinski definition) is 2. The van der Waals surface area contributed by atoms with E-state index in [1.165, 1.54) is 24.8 Å². The van der Waals surface area contributed by atoms with Crippen molar-refractivity contribution in [1.82, 2.24) is 5.32 Å². The molecule has 0 amide bonds. The minimum absolute atomic E-state index is 0.192. The van der Waals surface area contributed by atoms with E-state index >= 15 is 0 Å². The fourth-order valence-corrected chi connectivity index (χ4v) is 3.61. The van der Waals surface area contributed by atoms with Gasteiger partial charge in [0, 0.05) is 18.0 Å². The predicted molar refractivity (Wildman–Crippen MR) is 65.1 cm³/mol. The first kappa shape index (κ1) is 11.2. The molecule has 17 heavy (non-hydrogen) atoms. The Labute approximate surface area is 101 Å². The summed E-state index contributed by atoms with van der Waals surface area (Å²) in [7, 11) is -3.57. The van der Waals surface area contributed by atoms with Crippen LogP contribution in [-0.4, -0.2) is 20.5 Å². The van der Waals surface area contributed by atoms with Gasteiger partial charge >= 0.3 is 0 Å². The molecular weight excluding hydrogens is 236 g/mol. The average molecular weight is 252 g/mol. The second kappa shape index (κ2) is 3.80. The molecule has 1 aromatic carbocycles. The van der Waals surface area contributed by atoms with Crippen LogP contribution < -0.4 is 10.5 Å². The SMILES string of the molecule is NS(=O)(=O)c1ccc(C2CC3CCC2N3)cc1. The first-order valence-corrected chi connectivity index (χ1v) is 7.47. The van der Waals surface area contributed by atoms with E-state index in [9.17, 15) is 8.42 Å². The molecule has 0 radical (unpaired) electrons. The van der Waals surface area contributed by atoms with E-state index in [1.807, 2.05) is 12.1 Å². The second-order valence-corrected chi connectivity index (χ2v) is 6.57. The molecule has 0 spiro atoms. The lowest BCUT2D eigenvalue weighted by Crippen LogP contribution is -2.21. The van der Waals surface area contributed by atoms with Crippen molar-refractivity contribution in [2.45, 2.75) is 42.2 Å². The van der Waals surface area contributed by atoms with Gasteiger partial charge in [0.05, 0.1) is 4.90 Å². The van der Waals surface area contributed by atoms with E-state index in [2.05, 4.69) is 5.32 Å². The Balaban J connectivity index is 1.86. The van der Waals surface area contributed by atoms with E-state index < -0.39 is 10.0 Å². The lowest BCUT2D eigenvalue weighted by Gasteiger charge is -2.20. The first-order valence-electron chi connectivity index (χ1n) is 5.93. The van der Waals surface area contributed by atoms with Crippen molar-refractivity contribution in [3.8, 4) is 0 Å². The van der Waals surface area contributed by atoms with Crippen LogP contribution >= 0.6 is 0 Å². The highest BCUT2D eigenvalue weighted by Gasteiger charge is 2.39. The van der Waals surface area contributed by atoms with Crippen LogP contribution in [0, 0.1) is 0 Å². The van der Waals surface area contributed by atoms with E-state index in [4.69, 9.17) is 5.14 Å². The molecule has 3 N–H and O–H groups in total. The minimum atomic E-state index is -3.57. The number of fused-ring (bicyclic) bond motifs is 2. The summed E-state index contributed by atoms with van der Waals surface area (Å²) in [6, 6.07) is 8.23. The molecule has 5 heteroatoms. The highest BCUT2D eigenvalue weighted by molar-refractivity contribution is 7.89. The van der Waals surface area contributed by atoms with Crippen molar-refractivity contribution in [2.75, 3.05) is 0 Å². The smallest absolute Gasteiger partial charge is 0.238 e. The molecule has 0 saturated carbocycles. The van der Waals surface area contributed by atoms with Crippen molar-refractivity contribution in [1.29, 1.82) is 0 Å². The fourth-order valence-electron chi connectivity index (χ4n) is 3.10. The Morgan fingerprint density at radius 2 is 1.88 bits per heavy atom. The van der Waals surface area contributed by atoms with Gasteiger partial charge < -0.3 is 5.32 Å². The zero-order valence-electron chi connectivity index (χ0n) is 9.46. The van der Waals surface area contributed by atoms with E-state index in [-0.39, 0.29) is 4.90 Å². The third-order valence-corrected chi connectivity index (χ3v) is 4.87. The Morgan fingerprint density at radius 3 is 2.35 bits per heavy atom. The van der Waals surface area contributed by atoms with Crippen LogP contribution in [0.2, 0.25) is 0 Å². The molecule has 2 bridgehead atoms. The van der Waals surface area contributed by atoms with Gasteiger partial charge in [0.2, 0.25) is 10.0 Å². The summed E-state index contributed by atoms with van der Waals surface area (Å²) < 4.78 is 22.3. The third-order valence-electron chi connectivity index (χ3n) is 3.94. The number of nitrogens with two attached hydrogens (primary N) is 1. The van der Waals surface area contributed by atoms with Crippen LogP contribution in [0.25, 0.3) is 0 Å². The van der Waals surface area contributed by atoms with Gasteiger partial charge in [0.1, 0.15) is 0 Å². The van der Waals surface area contributed by atoms with Crippen molar-refractivity contribution >= 4 is 10.0 Å². The highest BCUT2D eigenvalue weighted by Crippen LogP contribution is 2.39. The Hall–Kier alpha value is -0.910. The summed E-state index contributed by atoms with van der Waals surface area (Å²) in [5.41, 5.74) is 1.22. The zero-order valence-corrected chi connectivity index (χ0v) is 10.3. The van der Waals surface area contributed by atoms with Gasteiger partial charge in [-0.1, -0.05) is 12.1 Å². The average Bonchev–Trinajstić information content (AvgIpc) is 2.89. The molecule has 2 aliphatic rings. The van der Waals surface area contributed by atoms with Gasteiger partial charge in [-0.15, -0.1) is 0 Å². The van der Waals surface area contributed by atoms with Crippen molar-refractivity contribution in [3.05, 3.63) is 29.8 Å². The van der Waals surface area contributed by atoms with E-state index in [1.54, 1.807) is 12.1 Å². The molecule has 2 aliphatic heterocycles. The van der Waals surface area contributed by atoms with E-state index in [0.717, 1.165) is 0 Å². The highest BCUT2D eigenvalue weighted by atomic mass is 32.2. The van der Waals surface area contributed by atoms with Gasteiger partial charge in [-0.3, -0.25) is 0 Å². The molecule has 4 nitrogen and oxygen atoms in total. The molecule has 0 aromatic heterocycles. The molecule has 2 saturated heterocycles. The number of nitrogens with one attached hydrogen (secondary N) is 1. The summed E-state index contributed by atoms with van der Waals surface area (Å²) in [6.45, 7) is 0. The van der Waals surface area contributed by atoms with Crippen molar-refractivity contribution < 1.29 is 8.42 Å². The fraction of sp³-hybridized carbons (Fsp3) is 0.500. The number of benzene rings is 1. The van der Waals surface area contributed by atoms with Crippen LogP contribution in [0.1, 0.15) is 30.7 Å². The number of rotatable bonds is 2. The van der Waals surface area contributed by atoms with Crippen LogP contribution in [0.4, 0.5) is 0 Å². The standard InChI is InChI=1S/C12H16N2O2S/c13-17(15,16)10-4-1-8(2-5-10)11-7-9-3-6-12(11)14-9/h1-2,4-5,9,11-12,14H,3,6-7H2,(H2,13,15,16). The number of primary sulfonamides is 1. The van der Waals surface area contributed by atoms with Gasteiger partial charge in [-0.2, -0.15) is 0 Å². The maximum absolute atomic E-state index is 11.2. The Bertz CT molecular complexity index is 524. The molecule has 2 fully saturated rings. The Morgan fingerprint density at radius 1 is 1.18 bits per heavy atom. The molecular formula is C12H16N2O2S. The lowest BCUT2D eigenvalue weighted by atomic mass is 9.84. The molecule has 92 valence electrons.